The second kappa shape index (κ2) is 8.92. The summed E-state index contributed by atoms with van der Waals surface area (Å²) in [4.78, 5) is 30.6. The average Bonchev–Trinajstić information content (AvgIpc) is 3.15. The molecular weight excluding hydrogens is 432 g/mol. The highest BCUT2D eigenvalue weighted by molar-refractivity contribution is 6.30. The molecule has 2 heterocycles. The highest BCUT2D eigenvalue weighted by atomic mass is 35.5. The first-order valence-electron chi connectivity index (χ1n) is 10.2. The lowest BCUT2D eigenvalue weighted by atomic mass is 10.2. The number of aromatic nitrogens is 4. The van der Waals surface area contributed by atoms with Gasteiger partial charge in [-0.25, -0.2) is 4.79 Å². The van der Waals surface area contributed by atoms with Gasteiger partial charge in [0, 0.05) is 24.7 Å². The van der Waals surface area contributed by atoms with Gasteiger partial charge in [-0.2, -0.15) is 4.98 Å². The molecule has 0 N–H and O–H groups in total. The zero-order valence-corrected chi connectivity index (χ0v) is 18.8. The van der Waals surface area contributed by atoms with Gasteiger partial charge in [-0.05, 0) is 36.2 Å². The molecule has 4 aromatic rings. The van der Waals surface area contributed by atoms with Crippen LogP contribution in [0.5, 0.6) is 17.5 Å². The summed E-state index contributed by atoms with van der Waals surface area (Å²) in [6.07, 6.45) is 0.652. The smallest absolute Gasteiger partial charge is 0.332 e. The van der Waals surface area contributed by atoms with Crippen LogP contribution in [-0.4, -0.2) is 25.8 Å². The molecule has 0 aliphatic rings. The zero-order valence-electron chi connectivity index (χ0n) is 18.0. The summed E-state index contributed by atoms with van der Waals surface area (Å²) in [7, 11) is 3.17. The average molecular weight is 455 g/mol. The van der Waals surface area contributed by atoms with Gasteiger partial charge in [-0.3, -0.25) is 18.5 Å². The van der Waals surface area contributed by atoms with Crippen LogP contribution in [0.25, 0.3) is 11.2 Å². The molecular formula is C23H23ClN4O4. The van der Waals surface area contributed by atoms with Crippen LogP contribution in [-0.2, 0) is 20.1 Å². The Balaban J connectivity index is 1.93. The van der Waals surface area contributed by atoms with E-state index >= 15 is 0 Å². The van der Waals surface area contributed by atoms with Crippen molar-refractivity contribution in [2.75, 3.05) is 7.11 Å². The fraction of sp³-hybridized carbons (Fsp3) is 0.261. The Bertz CT molecular complexity index is 1390. The molecule has 32 heavy (non-hydrogen) atoms. The Labute approximate surface area is 189 Å². The Morgan fingerprint density at radius 1 is 1.03 bits per heavy atom. The fourth-order valence-corrected chi connectivity index (χ4v) is 3.67. The molecule has 0 aliphatic heterocycles. The van der Waals surface area contributed by atoms with Gasteiger partial charge in [0.15, 0.2) is 11.2 Å². The summed E-state index contributed by atoms with van der Waals surface area (Å²) in [5, 5.41) is 0.616. The molecule has 0 saturated carbocycles. The molecule has 166 valence electrons. The van der Waals surface area contributed by atoms with Crippen LogP contribution >= 0.6 is 11.6 Å². The number of hydrogen-bond acceptors (Lipinski definition) is 5. The third kappa shape index (κ3) is 4.01. The summed E-state index contributed by atoms with van der Waals surface area (Å²) >= 11 is 6.03. The first-order valence-corrected chi connectivity index (χ1v) is 10.6. The van der Waals surface area contributed by atoms with Crippen LogP contribution in [0.4, 0.5) is 0 Å². The van der Waals surface area contributed by atoms with Crippen molar-refractivity contribution in [2.24, 2.45) is 7.05 Å². The molecule has 0 unspecified atom stereocenters. The first kappa shape index (κ1) is 21.7. The van der Waals surface area contributed by atoms with Crippen LogP contribution in [0.1, 0.15) is 18.9 Å². The van der Waals surface area contributed by atoms with Gasteiger partial charge < -0.3 is 9.47 Å². The molecule has 0 radical (unpaired) electrons. The standard InChI is InChI=1S/C23H23ClN4O4/c1-4-12-27-21(29)19-20(26(2)23(27)30)25-22(32-18-7-5-6-17(13-18)31-3)28(19)14-15-8-10-16(24)11-9-15/h5-11,13H,4,12,14H2,1-3H3. The normalized spacial score (nSPS) is 11.1. The lowest BCUT2D eigenvalue weighted by molar-refractivity contribution is 0.398. The van der Waals surface area contributed by atoms with Crippen molar-refractivity contribution in [3.05, 3.63) is 80.0 Å². The van der Waals surface area contributed by atoms with E-state index in [1.54, 1.807) is 55.1 Å². The van der Waals surface area contributed by atoms with E-state index in [0.717, 1.165) is 5.56 Å². The number of benzene rings is 2. The van der Waals surface area contributed by atoms with Crippen molar-refractivity contribution in [3.8, 4) is 17.5 Å². The third-order valence-electron chi connectivity index (χ3n) is 5.15. The van der Waals surface area contributed by atoms with E-state index in [1.807, 2.05) is 19.1 Å². The monoisotopic (exact) mass is 454 g/mol. The van der Waals surface area contributed by atoms with Gasteiger partial charge in [0.05, 0.1) is 13.7 Å². The van der Waals surface area contributed by atoms with Gasteiger partial charge >= 0.3 is 11.7 Å². The van der Waals surface area contributed by atoms with Crippen molar-refractivity contribution in [3.63, 3.8) is 0 Å². The quantitative estimate of drug-likeness (QED) is 0.424. The largest absolute Gasteiger partial charge is 0.497 e. The molecule has 0 amide bonds. The minimum atomic E-state index is -0.409. The van der Waals surface area contributed by atoms with Crippen LogP contribution in [0.3, 0.4) is 0 Å². The third-order valence-corrected chi connectivity index (χ3v) is 5.40. The second-order valence-corrected chi connectivity index (χ2v) is 7.80. The molecule has 0 fully saturated rings. The van der Waals surface area contributed by atoms with Crippen molar-refractivity contribution < 1.29 is 9.47 Å². The Morgan fingerprint density at radius 3 is 2.44 bits per heavy atom. The highest BCUT2D eigenvalue weighted by Gasteiger charge is 2.22. The van der Waals surface area contributed by atoms with Gasteiger partial charge in [-0.15, -0.1) is 0 Å². The minimum Gasteiger partial charge on any atom is -0.497 e. The van der Waals surface area contributed by atoms with Crippen LogP contribution < -0.4 is 20.7 Å². The Hall–Kier alpha value is -3.52. The van der Waals surface area contributed by atoms with Gasteiger partial charge in [-0.1, -0.05) is 36.7 Å². The second-order valence-electron chi connectivity index (χ2n) is 7.36. The van der Waals surface area contributed by atoms with Gasteiger partial charge in [0.1, 0.15) is 11.5 Å². The maximum Gasteiger partial charge on any atom is 0.332 e. The number of methoxy groups -OCH3 is 1. The SMILES string of the molecule is CCCn1c(=O)c2c(nc(Oc3cccc(OC)c3)n2Cc2ccc(Cl)cc2)n(C)c1=O. The van der Waals surface area contributed by atoms with Gasteiger partial charge in [0.2, 0.25) is 0 Å². The van der Waals surface area contributed by atoms with Gasteiger partial charge in [0.25, 0.3) is 5.56 Å². The number of halogens is 1. The van der Waals surface area contributed by atoms with E-state index in [9.17, 15) is 9.59 Å². The molecule has 2 aromatic carbocycles. The number of hydrogen-bond donors (Lipinski definition) is 0. The van der Waals surface area contributed by atoms with E-state index in [0.29, 0.717) is 41.5 Å². The highest BCUT2D eigenvalue weighted by Crippen LogP contribution is 2.27. The molecule has 0 aliphatic carbocycles. The van der Waals surface area contributed by atoms with E-state index in [2.05, 4.69) is 4.98 Å². The van der Waals surface area contributed by atoms with Crippen molar-refractivity contribution in [1.29, 1.82) is 0 Å². The molecule has 0 spiro atoms. The minimum absolute atomic E-state index is 0.199. The number of aryl methyl sites for hydroxylation is 1. The molecule has 0 atom stereocenters. The predicted molar refractivity (Wildman–Crippen MR) is 123 cm³/mol. The fourth-order valence-electron chi connectivity index (χ4n) is 3.54. The van der Waals surface area contributed by atoms with Crippen molar-refractivity contribution in [2.45, 2.75) is 26.4 Å². The summed E-state index contributed by atoms with van der Waals surface area (Å²) < 4.78 is 15.6. The molecule has 0 bridgehead atoms. The van der Waals surface area contributed by atoms with E-state index in [-0.39, 0.29) is 11.7 Å². The number of rotatable bonds is 7. The molecule has 9 heteroatoms. The lowest BCUT2D eigenvalue weighted by Crippen LogP contribution is -2.39. The van der Waals surface area contributed by atoms with Crippen LogP contribution in [0.15, 0.2) is 58.1 Å². The molecule has 2 aromatic heterocycles. The summed E-state index contributed by atoms with van der Waals surface area (Å²) in [6, 6.07) is 14.6. The molecule has 4 rings (SSSR count). The zero-order chi connectivity index (χ0) is 22.8. The van der Waals surface area contributed by atoms with Crippen molar-refractivity contribution in [1.82, 2.24) is 18.7 Å². The summed E-state index contributed by atoms with van der Waals surface area (Å²) in [5.74, 6) is 1.12. The Kier molecular flexibility index (Phi) is 6.05. The van der Waals surface area contributed by atoms with E-state index < -0.39 is 11.2 Å². The maximum atomic E-state index is 13.3. The maximum absolute atomic E-state index is 13.3. The number of nitrogens with zero attached hydrogens (tertiary/aromatic N) is 4. The molecule has 8 nitrogen and oxygen atoms in total. The number of fused-ring (bicyclic) bond motifs is 1. The topological polar surface area (TPSA) is 80.3 Å². The number of imidazole rings is 1. The Morgan fingerprint density at radius 2 is 1.75 bits per heavy atom. The summed E-state index contributed by atoms with van der Waals surface area (Å²) in [5.41, 5.74) is 0.660. The van der Waals surface area contributed by atoms with Crippen LogP contribution in [0, 0.1) is 0 Å². The molecule has 0 saturated heterocycles. The van der Waals surface area contributed by atoms with Crippen molar-refractivity contribution >= 4 is 22.8 Å². The number of ether oxygens (including phenoxy) is 2. The van der Waals surface area contributed by atoms with Crippen LogP contribution in [0.2, 0.25) is 5.02 Å². The summed E-state index contributed by atoms with van der Waals surface area (Å²) in [6.45, 7) is 2.55. The van der Waals surface area contributed by atoms with E-state index in [1.165, 1.54) is 9.13 Å². The predicted octanol–water partition coefficient (Wildman–Crippen LogP) is 3.81. The lowest BCUT2D eigenvalue weighted by Gasteiger charge is -2.11. The van der Waals surface area contributed by atoms with E-state index in [4.69, 9.17) is 21.1 Å². The first-order chi connectivity index (χ1) is 15.4.